The average molecular weight is 525 g/mol. The first-order valence-electron chi connectivity index (χ1n) is 13.9. The Balaban J connectivity index is 1.70. The number of aryl methyl sites for hydroxylation is 4. The SMILES string of the molecule is [2H]C1([2H])C/C(=N\NS(=O)(=O)c2ccc(C)cc2)C(Cc2ccc(C)cc2)(Cc2ccc(C)cc2)c2ccccc21. The summed E-state index contributed by atoms with van der Waals surface area (Å²) < 4.78 is 44.5. The molecule has 0 radical (unpaired) electrons. The highest BCUT2D eigenvalue weighted by atomic mass is 32.2. The molecule has 38 heavy (non-hydrogen) atoms. The molecule has 0 spiro atoms. The zero-order chi connectivity index (χ0) is 28.5. The van der Waals surface area contributed by atoms with Crippen LogP contribution in [0, 0.1) is 20.8 Å². The molecule has 0 fully saturated rings. The fraction of sp³-hybridized carbons (Fsp3) is 0.242. The highest BCUT2D eigenvalue weighted by molar-refractivity contribution is 7.89. The van der Waals surface area contributed by atoms with Crippen LogP contribution in [0.2, 0.25) is 0 Å². The molecular weight excluding hydrogens is 488 g/mol. The van der Waals surface area contributed by atoms with Crippen LogP contribution in [0.4, 0.5) is 0 Å². The number of hydrogen-bond acceptors (Lipinski definition) is 3. The number of nitrogens with zero attached hydrogens (tertiary/aromatic N) is 1. The van der Waals surface area contributed by atoms with Gasteiger partial charge in [0.15, 0.2) is 0 Å². The monoisotopic (exact) mass is 524 g/mol. The molecule has 0 unspecified atom stereocenters. The summed E-state index contributed by atoms with van der Waals surface area (Å²) in [6.45, 7) is 5.99. The van der Waals surface area contributed by atoms with Gasteiger partial charge in [0.1, 0.15) is 0 Å². The lowest BCUT2D eigenvalue weighted by atomic mass is 9.62. The van der Waals surface area contributed by atoms with Crippen LogP contribution in [0.1, 0.15) is 48.1 Å². The first kappa shape index (κ1) is 23.4. The van der Waals surface area contributed by atoms with Gasteiger partial charge in [0.05, 0.1) is 10.6 Å². The highest BCUT2D eigenvalue weighted by Crippen LogP contribution is 2.41. The quantitative estimate of drug-likeness (QED) is 0.276. The molecule has 5 heteroatoms. The van der Waals surface area contributed by atoms with Gasteiger partial charge in [-0.25, -0.2) is 4.83 Å². The molecule has 1 aliphatic rings. The minimum atomic E-state index is -3.96. The van der Waals surface area contributed by atoms with Crippen molar-refractivity contribution in [1.82, 2.24) is 4.83 Å². The maximum atomic E-state index is 13.3. The summed E-state index contributed by atoms with van der Waals surface area (Å²) in [6.07, 6.45) is -0.661. The highest BCUT2D eigenvalue weighted by Gasteiger charge is 2.42. The fourth-order valence-corrected chi connectivity index (χ4v) is 5.99. The summed E-state index contributed by atoms with van der Waals surface area (Å²) in [7, 11) is -3.96. The Morgan fingerprint density at radius 2 is 1.26 bits per heavy atom. The van der Waals surface area contributed by atoms with Crippen molar-refractivity contribution in [3.8, 4) is 0 Å². The molecule has 0 aromatic heterocycles. The topological polar surface area (TPSA) is 58.5 Å². The van der Waals surface area contributed by atoms with E-state index in [4.69, 9.17) is 2.74 Å². The molecule has 5 rings (SSSR count). The van der Waals surface area contributed by atoms with E-state index in [0.717, 1.165) is 33.4 Å². The van der Waals surface area contributed by atoms with Crippen molar-refractivity contribution in [2.75, 3.05) is 0 Å². The van der Waals surface area contributed by atoms with Gasteiger partial charge in [0, 0.05) is 8.16 Å². The number of hydrazone groups is 1. The minimum absolute atomic E-state index is 0.0296. The fourth-order valence-electron chi connectivity index (χ4n) is 5.16. The van der Waals surface area contributed by atoms with Gasteiger partial charge in [0.25, 0.3) is 10.0 Å². The maximum absolute atomic E-state index is 13.3. The second-order valence-electron chi connectivity index (χ2n) is 10.3. The molecule has 0 amide bonds. The Hall–Kier alpha value is -3.70. The van der Waals surface area contributed by atoms with Crippen LogP contribution >= 0.6 is 0 Å². The van der Waals surface area contributed by atoms with Gasteiger partial charge in [-0.15, -0.1) is 0 Å². The van der Waals surface area contributed by atoms with Gasteiger partial charge in [-0.1, -0.05) is 102 Å². The summed E-state index contributed by atoms with van der Waals surface area (Å²) >= 11 is 0. The third-order valence-electron chi connectivity index (χ3n) is 7.33. The summed E-state index contributed by atoms with van der Waals surface area (Å²) in [4.78, 5) is 2.59. The molecule has 4 aromatic carbocycles. The molecule has 0 bridgehead atoms. The molecule has 0 atom stereocenters. The largest absolute Gasteiger partial charge is 0.276 e. The van der Waals surface area contributed by atoms with Crippen LogP contribution in [0.5, 0.6) is 0 Å². The van der Waals surface area contributed by atoms with E-state index in [1.807, 2.05) is 45.0 Å². The number of sulfonamides is 1. The summed E-state index contributed by atoms with van der Waals surface area (Å²) in [5.74, 6) is 0. The summed E-state index contributed by atoms with van der Waals surface area (Å²) in [6, 6.07) is 30.8. The van der Waals surface area contributed by atoms with Gasteiger partial charge in [0.2, 0.25) is 0 Å². The van der Waals surface area contributed by atoms with Crippen LogP contribution < -0.4 is 4.83 Å². The lowest BCUT2D eigenvalue weighted by molar-refractivity contribution is 0.528. The lowest BCUT2D eigenvalue weighted by Crippen LogP contribution is -2.45. The second-order valence-corrected chi connectivity index (χ2v) is 11.9. The lowest BCUT2D eigenvalue weighted by Gasteiger charge is -2.41. The first-order valence-corrected chi connectivity index (χ1v) is 14.3. The first-order chi connectivity index (χ1) is 19.0. The van der Waals surface area contributed by atoms with E-state index in [1.54, 1.807) is 24.3 Å². The number of nitrogens with one attached hydrogen (secondary N) is 1. The molecule has 4 aromatic rings. The van der Waals surface area contributed by atoms with Crippen LogP contribution in [0.15, 0.2) is 107 Å². The van der Waals surface area contributed by atoms with Crippen molar-refractivity contribution in [3.05, 3.63) is 136 Å². The Bertz CT molecular complexity index is 1600. The van der Waals surface area contributed by atoms with E-state index in [2.05, 4.69) is 58.5 Å². The average Bonchev–Trinajstić information content (AvgIpc) is 2.93. The number of hydrogen-bond donors (Lipinski definition) is 1. The van der Waals surface area contributed by atoms with Gasteiger partial charge >= 0.3 is 0 Å². The van der Waals surface area contributed by atoms with Crippen LogP contribution in [0.25, 0.3) is 0 Å². The van der Waals surface area contributed by atoms with Crippen LogP contribution in [-0.4, -0.2) is 14.1 Å². The van der Waals surface area contributed by atoms with Crippen molar-refractivity contribution >= 4 is 15.7 Å². The molecule has 0 saturated heterocycles. The van der Waals surface area contributed by atoms with E-state index < -0.39 is 21.8 Å². The van der Waals surface area contributed by atoms with E-state index in [1.165, 1.54) is 0 Å². The van der Waals surface area contributed by atoms with Gasteiger partial charge in [-0.05, 0) is 80.8 Å². The van der Waals surface area contributed by atoms with Crippen molar-refractivity contribution in [3.63, 3.8) is 0 Å². The zero-order valence-electron chi connectivity index (χ0n) is 24.0. The third-order valence-corrected chi connectivity index (χ3v) is 8.55. The Morgan fingerprint density at radius 3 is 1.82 bits per heavy atom. The van der Waals surface area contributed by atoms with Gasteiger partial charge in [-0.2, -0.15) is 13.5 Å². The van der Waals surface area contributed by atoms with Crippen molar-refractivity contribution in [1.29, 1.82) is 0 Å². The standard InChI is InChI=1S/C33H34N2O2S/c1-24-8-14-27(15-9-24)22-33(23-28-16-10-25(2)11-17-28)31-7-5-4-6-29(31)18-21-32(33)34-35-38(36,37)30-19-12-26(3)13-20-30/h4-17,19-20,35H,18,21-23H2,1-3H3/b34-32+/i18D2. The zero-order valence-corrected chi connectivity index (χ0v) is 22.8. The van der Waals surface area contributed by atoms with Crippen molar-refractivity contribution in [2.24, 2.45) is 5.10 Å². The second kappa shape index (κ2) is 10.6. The van der Waals surface area contributed by atoms with E-state index in [9.17, 15) is 8.42 Å². The van der Waals surface area contributed by atoms with Crippen molar-refractivity contribution in [2.45, 2.75) is 56.7 Å². The van der Waals surface area contributed by atoms with Crippen LogP contribution in [0.3, 0.4) is 0 Å². The van der Waals surface area contributed by atoms with E-state index >= 15 is 0 Å². The predicted octanol–water partition coefficient (Wildman–Crippen LogP) is 6.62. The Morgan fingerprint density at radius 1 is 0.763 bits per heavy atom. The molecule has 0 saturated carbocycles. The number of benzene rings is 4. The van der Waals surface area contributed by atoms with Gasteiger partial charge < -0.3 is 0 Å². The van der Waals surface area contributed by atoms with E-state index in [0.29, 0.717) is 24.1 Å². The normalized spacial score (nSPS) is 17.8. The van der Waals surface area contributed by atoms with Crippen molar-refractivity contribution < 1.29 is 11.2 Å². The molecule has 4 nitrogen and oxygen atoms in total. The summed E-state index contributed by atoms with van der Waals surface area (Å²) in [5.41, 5.74) is 6.56. The Kier molecular flexibility index (Phi) is 6.52. The summed E-state index contributed by atoms with van der Waals surface area (Å²) in [5, 5.41) is 4.57. The van der Waals surface area contributed by atoms with E-state index in [-0.39, 0.29) is 11.3 Å². The van der Waals surface area contributed by atoms with Crippen LogP contribution in [-0.2, 0) is 34.7 Å². The predicted molar refractivity (Wildman–Crippen MR) is 155 cm³/mol. The third kappa shape index (κ3) is 5.44. The molecule has 1 aliphatic carbocycles. The molecule has 0 aliphatic heterocycles. The smallest absolute Gasteiger partial charge is 0.200 e. The molecule has 1 N–H and O–H groups in total. The minimum Gasteiger partial charge on any atom is -0.200 e. The van der Waals surface area contributed by atoms with Gasteiger partial charge in [-0.3, -0.25) is 0 Å². The number of fused-ring (bicyclic) bond motifs is 1. The maximum Gasteiger partial charge on any atom is 0.276 e. The molecular formula is C33H34N2O2S. The number of rotatable bonds is 7. The molecule has 0 heterocycles. The molecule has 194 valence electrons. The Labute approximate surface area is 229 Å².